The SMILES string of the molecule is COc1cc(C(=O)O)ccc1N(C)c1cc(C2CC2)cc(C2CC2)c1. The second-order valence-electron chi connectivity index (χ2n) is 7.16. The van der Waals surface area contributed by atoms with Crippen LogP contribution in [0.15, 0.2) is 36.4 Å². The number of carbonyl (C=O) groups is 1. The molecule has 0 aliphatic heterocycles. The van der Waals surface area contributed by atoms with Gasteiger partial charge in [0, 0.05) is 12.7 Å². The van der Waals surface area contributed by atoms with Gasteiger partial charge in [0.15, 0.2) is 0 Å². The fraction of sp³-hybridized carbons (Fsp3) is 0.381. The van der Waals surface area contributed by atoms with Gasteiger partial charge in [0.1, 0.15) is 5.75 Å². The number of hydrogen-bond donors (Lipinski definition) is 1. The van der Waals surface area contributed by atoms with Crippen molar-refractivity contribution in [3.8, 4) is 5.75 Å². The fourth-order valence-electron chi connectivity index (χ4n) is 3.38. The molecule has 0 heterocycles. The Kier molecular flexibility index (Phi) is 3.91. The van der Waals surface area contributed by atoms with Crippen LogP contribution in [0.2, 0.25) is 0 Å². The van der Waals surface area contributed by atoms with Gasteiger partial charge >= 0.3 is 5.97 Å². The van der Waals surface area contributed by atoms with Crippen LogP contribution in [0.1, 0.15) is 59.0 Å². The molecule has 130 valence electrons. The zero-order valence-electron chi connectivity index (χ0n) is 14.7. The lowest BCUT2D eigenvalue weighted by Crippen LogP contribution is -2.12. The number of benzene rings is 2. The van der Waals surface area contributed by atoms with E-state index in [-0.39, 0.29) is 5.56 Å². The Balaban J connectivity index is 1.72. The summed E-state index contributed by atoms with van der Waals surface area (Å²) < 4.78 is 5.45. The Morgan fingerprint density at radius 1 is 1.04 bits per heavy atom. The molecule has 2 saturated carbocycles. The van der Waals surface area contributed by atoms with Crippen LogP contribution in [-0.4, -0.2) is 25.2 Å². The van der Waals surface area contributed by atoms with Crippen molar-refractivity contribution in [1.82, 2.24) is 0 Å². The standard InChI is InChI=1S/C21H23NO3/c1-22(19-8-7-15(21(23)24)12-20(19)25-2)18-10-16(13-3-4-13)9-17(11-18)14-5-6-14/h7-14H,3-6H2,1-2H3,(H,23,24). The molecule has 0 saturated heterocycles. The van der Waals surface area contributed by atoms with Crippen molar-refractivity contribution in [3.05, 3.63) is 53.1 Å². The first-order chi connectivity index (χ1) is 12.1. The van der Waals surface area contributed by atoms with E-state index >= 15 is 0 Å². The molecule has 0 atom stereocenters. The molecular formula is C21H23NO3. The zero-order valence-corrected chi connectivity index (χ0v) is 14.7. The molecule has 2 aromatic rings. The van der Waals surface area contributed by atoms with Gasteiger partial charge in [0.2, 0.25) is 0 Å². The van der Waals surface area contributed by atoms with Crippen LogP contribution in [-0.2, 0) is 0 Å². The van der Waals surface area contributed by atoms with E-state index in [9.17, 15) is 9.90 Å². The maximum Gasteiger partial charge on any atom is 0.335 e. The molecule has 4 rings (SSSR count). The topological polar surface area (TPSA) is 49.8 Å². The van der Waals surface area contributed by atoms with Gasteiger partial charge in [-0.05, 0) is 79.0 Å². The lowest BCUT2D eigenvalue weighted by Gasteiger charge is -2.24. The predicted octanol–water partition coefficient (Wildman–Crippen LogP) is 4.92. The molecule has 0 amide bonds. The monoisotopic (exact) mass is 337 g/mol. The number of carboxylic acids is 1. The third-order valence-electron chi connectivity index (χ3n) is 5.24. The van der Waals surface area contributed by atoms with Gasteiger partial charge in [0.25, 0.3) is 0 Å². The van der Waals surface area contributed by atoms with E-state index < -0.39 is 5.97 Å². The van der Waals surface area contributed by atoms with Crippen LogP contribution in [0.4, 0.5) is 11.4 Å². The largest absolute Gasteiger partial charge is 0.495 e. The lowest BCUT2D eigenvalue weighted by molar-refractivity contribution is 0.0696. The minimum Gasteiger partial charge on any atom is -0.495 e. The van der Waals surface area contributed by atoms with Crippen LogP contribution in [0, 0.1) is 0 Å². The van der Waals surface area contributed by atoms with E-state index in [2.05, 4.69) is 23.1 Å². The second kappa shape index (κ2) is 6.10. The number of hydrogen-bond acceptors (Lipinski definition) is 3. The van der Waals surface area contributed by atoms with Gasteiger partial charge in [-0.2, -0.15) is 0 Å². The maximum absolute atomic E-state index is 11.2. The zero-order chi connectivity index (χ0) is 17.6. The number of methoxy groups -OCH3 is 1. The molecular weight excluding hydrogens is 314 g/mol. The molecule has 0 radical (unpaired) electrons. The van der Waals surface area contributed by atoms with Crippen molar-refractivity contribution in [2.75, 3.05) is 19.1 Å². The van der Waals surface area contributed by atoms with Gasteiger partial charge in [-0.25, -0.2) is 4.79 Å². The summed E-state index contributed by atoms with van der Waals surface area (Å²) in [4.78, 5) is 13.3. The molecule has 2 aromatic carbocycles. The fourth-order valence-corrected chi connectivity index (χ4v) is 3.38. The van der Waals surface area contributed by atoms with Crippen molar-refractivity contribution < 1.29 is 14.6 Å². The molecule has 4 heteroatoms. The van der Waals surface area contributed by atoms with Crippen molar-refractivity contribution in [2.45, 2.75) is 37.5 Å². The molecule has 4 nitrogen and oxygen atoms in total. The van der Waals surface area contributed by atoms with Crippen molar-refractivity contribution in [1.29, 1.82) is 0 Å². The number of rotatable bonds is 6. The molecule has 0 aromatic heterocycles. The average Bonchev–Trinajstić information content (AvgIpc) is 3.51. The van der Waals surface area contributed by atoms with Crippen molar-refractivity contribution in [3.63, 3.8) is 0 Å². The Morgan fingerprint density at radius 3 is 2.12 bits per heavy atom. The summed E-state index contributed by atoms with van der Waals surface area (Å²) in [6.07, 6.45) is 5.14. The van der Waals surface area contributed by atoms with Gasteiger partial charge in [-0.3, -0.25) is 0 Å². The lowest BCUT2D eigenvalue weighted by atomic mass is 10.0. The first kappa shape index (κ1) is 16.0. The summed E-state index contributed by atoms with van der Waals surface area (Å²) in [5.41, 5.74) is 5.13. The molecule has 0 unspecified atom stereocenters. The molecule has 25 heavy (non-hydrogen) atoms. The smallest absolute Gasteiger partial charge is 0.335 e. The van der Waals surface area contributed by atoms with Crippen molar-refractivity contribution in [2.24, 2.45) is 0 Å². The second-order valence-corrected chi connectivity index (χ2v) is 7.16. The minimum atomic E-state index is -0.945. The Bertz CT molecular complexity index is 792. The number of anilines is 2. The van der Waals surface area contributed by atoms with Crippen LogP contribution in [0.3, 0.4) is 0 Å². The van der Waals surface area contributed by atoms with Crippen molar-refractivity contribution >= 4 is 17.3 Å². The highest BCUT2D eigenvalue weighted by Gasteiger charge is 2.29. The van der Waals surface area contributed by atoms with Gasteiger partial charge in [-0.1, -0.05) is 6.07 Å². The van der Waals surface area contributed by atoms with E-state index in [0.29, 0.717) is 17.6 Å². The van der Waals surface area contributed by atoms with Gasteiger partial charge in [-0.15, -0.1) is 0 Å². The normalized spacial score (nSPS) is 16.6. The number of nitrogens with zero attached hydrogens (tertiary/aromatic N) is 1. The third-order valence-corrected chi connectivity index (χ3v) is 5.24. The Morgan fingerprint density at radius 2 is 1.64 bits per heavy atom. The first-order valence-corrected chi connectivity index (χ1v) is 8.86. The van der Waals surface area contributed by atoms with Crippen LogP contribution in [0.25, 0.3) is 0 Å². The summed E-state index contributed by atoms with van der Waals surface area (Å²) >= 11 is 0. The first-order valence-electron chi connectivity index (χ1n) is 8.86. The number of aromatic carboxylic acids is 1. The molecule has 2 fully saturated rings. The van der Waals surface area contributed by atoms with E-state index in [0.717, 1.165) is 11.4 Å². The quantitative estimate of drug-likeness (QED) is 0.813. The molecule has 1 N–H and O–H groups in total. The summed E-state index contributed by atoms with van der Waals surface area (Å²) in [6.45, 7) is 0. The van der Waals surface area contributed by atoms with Crippen LogP contribution in [0.5, 0.6) is 5.75 Å². The van der Waals surface area contributed by atoms with E-state index in [4.69, 9.17) is 4.74 Å². The average molecular weight is 337 g/mol. The molecule has 0 bridgehead atoms. The highest BCUT2D eigenvalue weighted by atomic mass is 16.5. The third kappa shape index (κ3) is 3.21. The predicted molar refractivity (Wildman–Crippen MR) is 98.4 cm³/mol. The highest BCUT2D eigenvalue weighted by Crippen LogP contribution is 2.47. The van der Waals surface area contributed by atoms with E-state index in [1.54, 1.807) is 19.2 Å². The molecule has 2 aliphatic carbocycles. The number of ether oxygens (including phenoxy) is 1. The summed E-state index contributed by atoms with van der Waals surface area (Å²) in [6, 6.07) is 12.0. The van der Waals surface area contributed by atoms with E-state index in [1.807, 2.05) is 13.1 Å². The maximum atomic E-state index is 11.2. The number of carboxylic acid groups (broad SMARTS) is 1. The summed E-state index contributed by atoms with van der Waals surface area (Å²) in [5, 5.41) is 9.19. The summed E-state index contributed by atoms with van der Waals surface area (Å²) in [5.74, 6) is 1.05. The van der Waals surface area contributed by atoms with Gasteiger partial charge in [0.05, 0.1) is 18.4 Å². The van der Waals surface area contributed by atoms with Crippen LogP contribution < -0.4 is 9.64 Å². The Hall–Kier alpha value is -2.49. The molecule has 0 spiro atoms. The minimum absolute atomic E-state index is 0.236. The Labute approximate surface area is 148 Å². The van der Waals surface area contributed by atoms with E-state index in [1.165, 1.54) is 36.8 Å². The summed E-state index contributed by atoms with van der Waals surface area (Å²) in [7, 11) is 3.59. The highest BCUT2D eigenvalue weighted by molar-refractivity contribution is 5.89. The molecule has 2 aliphatic rings. The van der Waals surface area contributed by atoms with Crippen LogP contribution >= 0.6 is 0 Å². The van der Waals surface area contributed by atoms with Gasteiger partial charge < -0.3 is 14.7 Å².